The Hall–Kier alpha value is -2.81. The van der Waals surface area contributed by atoms with Crippen LogP contribution >= 0.6 is 0 Å². The number of methoxy groups -OCH3 is 1. The van der Waals surface area contributed by atoms with Crippen molar-refractivity contribution in [2.75, 3.05) is 38.2 Å². The molecule has 3 rings (SSSR count). The van der Waals surface area contributed by atoms with E-state index in [0.29, 0.717) is 18.7 Å². The molecule has 9 nitrogen and oxygen atoms in total. The quantitative estimate of drug-likeness (QED) is 0.740. The molecule has 9 heteroatoms. The van der Waals surface area contributed by atoms with Crippen molar-refractivity contribution < 1.29 is 23.9 Å². The minimum atomic E-state index is -1.01. The number of hydrogen-bond donors (Lipinski definition) is 2. The molecule has 2 fully saturated rings. The second-order valence-electron chi connectivity index (χ2n) is 8.14. The van der Waals surface area contributed by atoms with Gasteiger partial charge in [-0.1, -0.05) is 12.1 Å². The Bertz CT molecular complexity index is 774. The maximum absolute atomic E-state index is 12.7. The highest BCUT2D eigenvalue weighted by atomic mass is 16.6. The van der Waals surface area contributed by atoms with Gasteiger partial charge in [0, 0.05) is 31.9 Å². The normalized spacial score (nSPS) is 20.1. The molecule has 2 atom stereocenters. The van der Waals surface area contributed by atoms with Crippen LogP contribution in [0.25, 0.3) is 0 Å². The van der Waals surface area contributed by atoms with Gasteiger partial charge in [0.15, 0.2) is 6.04 Å². The lowest BCUT2D eigenvalue weighted by Crippen LogP contribution is -2.49. The van der Waals surface area contributed by atoms with E-state index in [4.69, 9.17) is 9.47 Å². The third-order valence-corrected chi connectivity index (χ3v) is 4.86. The summed E-state index contributed by atoms with van der Waals surface area (Å²) >= 11 is 0. The largest absolute Gasteiger partial charge is 0.467 e. The molecule has 0 spiro atoms. The van der Waals surface area contributed by atoms with Crippen LogP contribution in [0.2, 0.25) is 0 Å². The number of fused-ring (bicyclic) bond motifs is 1. The van der Waals surface area contributed by atoms with Crippen LogP contribution in [0.5, 0.6) is 0 Å². The first-order valence-corrected chi connectivity index (χ1v) is 9.66. The van der Waals surface area contributed by atoms with E-state index in [1.54, 1.807) is 49.9 Å². The SMILES string of the molecule is COC(=O)C(NC(=O)OC(C)(C)C)c1ccc(N2CC3CNCCN3C2=O)cc1. The number of nitrogens with zero attached hydrogens (tertiary/aromatic N) is 2. The molecular weight excluding hydrogens is 376 g/mol. The molecule has 0 aliphatic carbocycles. The molecule has 2 heterocycles. The Labute approximate surface area is 170 Å². The minimum absolute atomic E-state index is 0.0133. The standard InChI is InChI=1S/C20H28N4O5/c1-20(2,3)29-18(26)22-16(17(25)28-4)13-5-7-14(8-6-13)24-12-15-11-21-9-10-23(15)19(24)27/h5-8,15-16,21H,9-12H2,1-4H3,(H,22,26). The van der Waals surface area contributed by atoms with Crippen LogP contribution in [0.3, 0.4) is 0 Å². The predicted octanol–water partition coefficient (Wildman–Crippen LogP) is 1.64. The first-order chi connectivity index (χ1) is 13.7. The third-order valence-electron chi connectivity index (χ3n) is 4.86. The summed E-state index contributed by atoms with van der Waals surface area (Å²) in [7, 11) is 1.26. The summed E-state index contributed by atoms with van der Waals surface area (Å²) in [6.07, 6.45) is -0.712. The van der Waals surface area contributed by atoms with Gasteiger partial charge in [-0.15, -0.1) is 0 Å². The lowest BCUT2D eigenvalue weighted by Gasteiger charge is -2.28. The summed E-state index contributed by atoms with van der Waals surface area (Å²) in [5.41, 5.74) is 0.595. The highest BCUT2D eigenvalue weighted by molar-refractivity contribution is 5.95. The number of carbonyl (C=O) groups is 3. The topological polar surface area (TPSA) is 100 Å². The summed E-state index contributed by atoms with van der Waals surface area (Å²) in [4.78, 5) is 40.6. The molecule has 2 N–H and O–H groups in total. The second-order valence-corrected chi connectivity index (χ2v) is 8.14. The molecule has 2 aliphatic heterocycles. The van der Waals surface area contributed by atoms with Crippen LogP contribution in [-0.4, -0.2) is 67.9 Å². The van der Waals surface area contributed by atoms with Gasteiger partial charge in [-0.05, 0) is 38.5 Å². The van der Waals surface area contributed by atoms with E-state index in [2.05, 4.69) is 10.6 Å². The first kappa shape index (κ1) is 20.9. The lowest BCUT2D eigenvalue weighted by atomic mass is 10.1. The molecule has 2 unspecified atom stereocenters. The Morgan fingerprint density at radius 3 is 2.52 bits per heavy atom. The molecule has 29 heavy (non-hydrogen) atoms. The molecule has 2 saturated heterocycles. The van der Waals surface area contributed by atoms with Crippen LogP contribution in [0.1, 0.15) is 32.4 Å². The van der Waals surface area contributed by atoms with Crippen LogP contribution < -0.4 is 15.5 Å². The first-order valence-electron chi connectivity index (χ1n) is 9.66. The third kappa shape index (κ3) is 4.79. The Morgan fingerprint density at radius 2 is 1.93 bits per heavy atom. The Morgan fingerprint density at radius 1 is 1.24 bits per heavy atom. The predicted molar refractivity (Wildman–Crippen MR) is 107 cm³/mol. The van der Waals surface area contributed by atoms with Crippen LogP contribution in [0.15, 0.2) is 24.3 Å². The van der Waals surface area contributed by atoms with Crippen molar-refractivity contribution in [2.45, 2.75) is 38.5 Å². The number of hydrogen-bond acceptors (Lipinski definition) is 6. The zero-order chi connectivity index (χ0) is 21.2. The number of ether oxygens (including phenoxy) is 2. The van der Waals surface area contributed by atoms with Gasteiger partial charge in [-0.2, -0.15) is 0 Å². The highest BCUT2D eigenvalue weighted by Gasteiger charge is 2.39. The van der Waals surface area contributed by atoms with E-state index in [-0.39, 0.29) is 12.1 Å². The number of alkyl carbamates (subject to hydrolysis) is 1. The number of benzene rings is 1. The number of nitrogens with one attached hydrogen (secondary N) is 2. The summed E-state index contributed by atoms with van der Waals surface area (Å²) in [6.45, 7) is 8.11. The summed E-state index contributed by atoms with van der Waals surface area (Å²) in [6, 6.07) is 6.09. The molecule has 2 aliphatic rings. The van der Waals surface area contributed by atoms with E-state index in [0.717, 1.165) is 18.8 Å². The fourth-order valence-corrected chi connectivity index (χ4v) is 3.50. The molecule has 1 aromatic rings. The highest BCUT2D eigenvalue weighted by Crippen LogP contribution is 2.26. The van der Waals surface area contributed by atoms with Crippen molar-refractivity contribution in [2.24, 2.45) is 0 Å². The molecule has 0 bridgehead atoms. The number of rotatable bonds is 4. The van der Waals surface area contributed by atoms with Crippen molar-refractivity contribution in [1.82, 2.24) is 15.5 Å². The molecule has 158 valence electrons. The van der Waals surface area contributed by atoms with Gasteiger partial charge in [0.1, 0.15) is 5.60 Å². The van der Waals surface area contributed by atoms with Crippen LogP contribution in [0.4, 0.5) is 15.3 Å². The second kappa shape index (κ2) is 8.28. The van der Waals surface area contributed by atoms with E-state index in [9.17, 15) is 14.4 Å². The molecular formula is C20H28N4O5. The van der Waals surface area contributed by atoms with Gasteiger partial charge in [0.2, 0.25) is 0 Å². The smallest absolute Gasteiger partial charge is 0.408 e. The number of amides is 3. The van der Waals surface area contributed by atoms with Gasteiger partial charge in [0.25, 0.3) is 0 Å². The van der Waals surface area contributed by atoms with Crippen LogP contribution in [-0.2, 0) is 14.3 Å². The van der Waals surface area contributed by atoms with E-state index < -0.39 is 23.7 Å². The van der Waals surface area contributed by atoms with Crippen molar-refractivity contribution in [3.63, 3.8) is 0 Å². The zero-order valence-corrected chi connectivity index (χ0v) is 17.2. The maximum atomic E-state index is 12.7. The molecule has 0 aromatic heterocycles. The Kier molecular flexibility index (Phi) is 5.97. The monoisotopic (exact) mass is 404 g/mol. The van der Waals surface area contributed by atoms with Gasteiger partial charge in [0.05, 0.1) is 13.2 Å². The molecule has 1 aromatic carbocycles. The van der Waals surface area contributed by atoms with Crippen molar-refractivity contribution in [3.05, 3.63) is 29.8 Å². The fourth-order valence-electron chi connectivity index (χ4n) is 3.50. The number of anilines is 1. The van der Waals surface area contributed by atoms with E-state index in [1.165, 1.54) is 7.11 Å². The fraction of sp³-hybridized carbons (Fsp3) is 0.550. The van der Waals surface area contributed by atoms with Crippen molar-refractivity contribution in [1.29, 1.82) is 0 Å². The molecule has 0 saturated carbocycles. The molecule has 0 radical (unpaired) electrons. The van der Waals surface area contributed by atoms with Gasteiger partial charge < -0.3 is 25.0 Å². The average Bonchev–Trinajstić information content (AvgIpc) is 3.01. The molecule has 3 amide bonds. The van der Waals surface area contributed by atoms with Gasteiger partial charge >= 0.3 is 18.1 Å². The van der Waals surface area contributed by atoms with Crippen molar-refractivity contribution >= 4 is 23.8 Å². The number of piperazine rings is 1. The lowest BCUT2D eigenvalue weighted by molar-refractivity contribution is -0.143. The van der Waals surface area contributed by atoms with E-state index in [1.807, 2.05) is 4.90 Å². The number of esters is 1. The van der Waals surface area contributed by atoms with Gasteiger partial charge in [-0.3, -0.25) is 4.90 Å². The zero-order valence-electron chi connectivity index (χ0n) is 17.2. The van der Waals surface area contributed by atoms with Crippen molar-refractivity contribution in [3.8, 4) is 0 Å². The summed E-state index contributed by atoms with van der Waals surface area (Å²) in [5.74, 6) is -0.607. The van der Waals surface area contributed by atoms with Crippen LogP contribution in [0, 0.1) is 0 Å². The average molecular weight is 404 g/mol. The van der Waals surface area contributed by atoms with E-state index >= 15 is 0 Å². The maximum Gasteiger partial charge on any atom is 0.408 e. The number of urea groups is 1. The number of carbonyl (C=O) groups excluding carboxylic acids is 3. The van der Waals surface area contributed by atoms with Gasteiger partial charge in [-0.25, -0.2) is 14.4 Å². The summed E-state index contributed by atoms with van der Waals surface area (Å²) < 4.78 is 10.1. The Balaban J connectivity index is 1.74. The summed E-state index contributed by atoms with van der Waals surface area (Å²) in [5, 5.41) is 5.85. The minimum Gasteiger partial charge on any atom is -0.467 e.